The van der Waals surface area contributed by atoms with Crippen molar-refractivity contribution in [2.24, 2.45) is 0 Å². The third-order valence-electron chi connectivity index (χ3n) is 4.54. The molecule has 1 saturated carbocycles. The molecule has 4 nitrogen and oxygen atoms in total. The van der Waals surface area contributed by atoms with E-state index in [9.17, 15) is 9.90 Å². The van der Waals surface area contributed by atoms with E-state index in [0.717, 1.165) is 12.2 Å². The van der Waals surface area contributed by atoms with Gasteiger partial charge in [-0.15, -0.1) is 0 Å². The summed E-state index contributed by atoms with van der Waals surface area (Å²) in [5, 5.41) is 9.22. The van der Waals surface area contributed by atoms with Crippen molar-refractivity contribution in [2.75, 3.05) is 7.11 Å². The molecular formula is C16H21NO3. The first-order valence-electron chi connectivity index (χ1n) is 7.25. The smallest absolute Gasteiger partial charge is 0.320 e. The summed E-state index contributed by atoms with van der Waals surface area (Å²) in [5.74, 6) is 0.805. The first-order valence-corrected chi connectivity index (χ1v) is 7.25. The van der Waals surface area contributed by atoms with Gasteiger partial charge < -0.3 is 9.84 Å². The number of carboxylic acid groups (broad SMARTS) is 1. The molecule has 1 aliphatic heterocycles. The average Bonchev–Trinajstić information content (AvgIpc) is 3.26. The van der Waals surface area contributed by atoms with Crippen LogP contribution in [0.3, 0.4) is 0 Å². The molecule has 0 amide bonds. The largest absolute Gasteiger partial charge is 0.497 e. The van der Waals surface area contributed by atoms with Crippen LogP contribution in [0, 0.1) is 0 Å². The van der Waals surface area contributed by atoms with E-state index in [1.807, 2.05) is 6.07 Å². The summed E-state index contributed by atoms with van der Waals surface area (Å²) in [7, 11) is 1.67. The van der Waals surface area contributed by atoms with Crippen molar-refractivity contribution in [3.05, 3.63) is 29.3 Å². The normalized spacial score (nSPS) is 26.1. The summed E-state index contributed by atoms with van der Waals surface area (Å²) >= 11 is 0. The zero-order chi connectivity index (χ0) is 14.3. The van der Waals surface area contributed by atoms with Crippen LogP contribution in [-0.4, -0.2) is 35.2 Å². The molecule has 0 radical (unpaired) electrons. The maximum absolute atomic E-state index is 11.2. The molecule has 2 aliphatic rings. The summed E-state index contributed by atoms with van der Waals surface area (Å²) in [6.45, 7) is 2.80. The van der Waals surface area contributed by atoms with Gasteiger partial charge in [-0.05, 0) is 55.4 Å². The van der Waals surface area contributed by atoms with Gasteiger partial charge in [0, 0.05) is 12.6 Å². The van der Waals surface area contributed by atoms with Crippen LogP contribution in [0.2, 0.25) is 0 Å². The number of rotatable bonds is 5. The molecule has 0 bridgehead atoms. The zero-order valence-electron chi connectivity index (χ0n) is 12.0. The third kappa shape index (κ3) is 2.40. The monoisotopic (exact) mass is 275 g/mol. The number of likely N-dealkylation sites (tertiary alicyclic amines) is 1. The SMILES string of the molecule is COc1ccc(C2CC2)c(CN2C(C)CC2C(=O)O)c1. The third-order valence-corrected chi connectivity index (χ3v) is 4.54. The van der Waals surface area contributed by atoms with E-state index >= 15 is 0 Å². The molecule has 1 aliphatic carbocycles. The number of hydrogen-bond acceptors (Lipinski definition) is 3. The molecule has 1 N–H and O–H groups in total. The first-order chi connectivity index (χ1) is 9.60. The van der Waals surface area contributed by atoms with E-state index in [4.69, 9.17) is 4.74 Å². The number of nitrogens with zero attached hydrogens (tertiary/aromatic N) is 1. The molecule has 2 fully saturated rings. The standard InChI is InChI=1S/C16H21NO3/c1-10-7-15(16(18)19)17(10)9-12-8-13(20-2)5-6-14(12)11-3-4-11/h5-6,8,10-11,15H,3-4,7,9H2,1-2H3,(H,18,19). The second-order valence-corrected chi connectivity index (χ2v) is 5.95. The molecule has 1 aromatic carbocycles. The van der Waals surface area contributed by atoms with Crippen LogP contribution >= 0.6 is 0 Å². The quantitative estimate of drug-likeness (QED) is 0.897. The van der Waals surface area contributed by atoms with Crippen LogP contribution < -0.4 is 4.74 Å². The molecule has 1 saturated heterocycles. The first kappa shape index (κ1) is 13.4. The predicted octanol–water partition coefficient (Wildman–Crippen LogP) is 2.62. The summed E-state index contributed by atoms with van der Waals surface area (Å²) in [4.78, 5) is 13.3. The average molecular weight is 275 g/mol. The molecule has 1 heterocycles. The minimum Gasteiger partial charge on any atom is -0.497 e. The minimum atomic E-state index is -0.709. The highest BCUT2D eigenvalue weighted by atomic mass is 16.5. The van der Waals surface area contributed by atoms with E-state index in [2.05, 4.69) is 24.0 Å². The van der Waals surface area contributed by atoms with Crippen molar-refractivity contribution in [3.8, 4) is 5.75 Å². The Morgan fingerprint density at radius 3 is 2.75 bits per heavy atom. The number of ether oxygens (including phenoxy) is 1. The lowest BCUT2D eigenvalue weighted by Crippen LogP contribution is -2.57. The summed E-state index contributed by atoms with van der Waals surface area (Å²) in [6.07, 6.45) is 3.24. The lowest BCUT2D eigenvalue weighted by Gasteiger charge is -2.45. The van der Waals surface area contributed by atoms with Gasteiger partial charge in [-0.25, -0.2) is 0 Å². The fourth-order valence-electron chi connectivity index (χ4n) is 3.11. The maximum atomic E-state index is 11.2. The van der Waals surface area contributed by atoms with Crippen LogP contribution in [0.1, 0.15) is 43.2 Å². The van der Waals surface area contributed by atoms with Gasteiger partial charge in [-0.1, -0.05) is 6.07 Å². The Morgan fingerprint density at radius 1 is 1.45 bits per heavy atom. The van der Waals surface area contributed by atoms with Crippen molar-refractivity contribution in [3.63, 3.8) is 0 Å². The van der Waals surface area contributed by atoms with Gasteiger partial charge in [0.25, 0.3) is 0 Å². The zero-order valence-corrected chi connectivity index (χ0v) is 12.0. The van der Waals surface area contributed by atoms with E-state index < -0.39 is 5.97 Å². The molecule has 1 aromatic rings. The Labute approximate surface area is 119 Å². The van der Waals surface area contributed by atoms with Gasteiger partial charge in [0.15, 0.2) is 0 Å². The second-order valence-electron chi connectivity index (χ2n) is 5.95. The fraction of sp³-hybridized carbons (Fsp3) is 0.562. The maximum Gasteiger partial charge on any atom is 0.320 e. The number of carbonyl (C=O) groups is 1. The number of aliphatic carboxylic acids is 1. The Morgan fingerprint density at radius 2 is 2.20 bits per heavy atom. The Kier molecular flexibility index (Phi) is 3.42. The minimum absolute atomic E-state index is 0.330. The van der Waals surface area contributed by atoms with Gasteiger partial charge >= 0.3 is 5.97 Å². The molecule has 20 heavy (non-hydrogen) atoms. The topological polar surface area (TPSA) is 49.8 Å². The van der Waals surface area contributed by atoms with Crippen molar-refractivity contribution in [2.45, 2.75) is 50.7 Å². The molecule has 2 atom stereocenters. The molecule has 108 valence electrons. The molecule has 2 unspecified atom stereocenters. The second kappa shape index (κ2) is 5.09. The Bertz CT molecular complexity index is 524. The Hall–Kier alpha value is -1.55. The Balaban J connectivity index is 1.83. The van der Waals surface area contributed by atoms with Crippen molar-refractivity contribution < 1.29 is 14.6 Å². The number of hydrogen-bond donors (Lipinski definition) is 1. The number of methoxy groups -OCH3 is 1. The van der Waals surface area contributed by atoms with E-state index in [1.165, 1.54) is 24.0 Å². The number of carboxylic acids is 1. The molecule has 3 rings (SSSR count). The van der Waals surface area contributed by atoms with Crippen molar-refractivity contribution >= 4 is 5.97 Å². The van der Waals surface area contributed by atoms with Crippen molar-refractivity contribution in [1.29, 1.82) is 0 Å². The van der Waals surface area contributed by atoms with E-state index in [1.54, 1.807) is 7.11 Å². The molecule has 0 aromatic heterocycles. The summed E-state index contributed by atoms with van der Waals surface area (Å²) in [6, 6.07) is 6.23. The summed E-state index contributed by atoms with van der Waals surface area (Å²) in [5.41, 5.74) is 2.60. The highest BCUT2D eigenvalue weighted by Crippen LogP contribution is 2.43. The molecule has 0 spiro atoms. The molecular weight excluding hydrogens is 254 g/mol. The van der Waals surface area contributed by atoms with Gasteiger partial charge in [0.1, 0.15) is 11.8 Å². The lowest BCUT2D eigenvalue weighted by molar-refractivity contribution is -0.152. The van der Waals surface area contributed by atoms with E-state index in [-0.39, 0.29) is 6.04 Å². The van der Waals surface area contributed by atoms with Gasteiger partial charge in [0.05, 0.1) is 7.11 Å². The predicted molar refractivity (Wildman–Crippen MR) is 76.0 cm³/mol. The van der Waals surface area contributed by atoms with Crippen molar-refractivity contribution in [1.82, 2.24) is 4.90 Å². The summed E-state index contributed by atoms with van der Waals surface area (Å²) < 4.78 is 5.31. The fourth-order valence-corrected chi connectivity index (χ4v) is 3.11. The van der Waals surface area contributed by atoms with Crippen LogP contribution in [0.15, 0.2) is 18.2 Å². The lowest BCUT2D eigenvalue weighted by atomic mass is 9.92. The van der Waals surface area contributed by atoms with Gasteiger partial charge in [-0.2, -0.15) is 0 Å². The van der Waals surface area contributed by atoms with Crippen LogP contribution in [0.25, 0.3) is 0 Å². The highest BCUT2D eigenvalue weighted by Gasteiger charge is 2.40. The number of benzene rings is 1. The van der Waals surface area contributed by atoms with Crippen LogP contribution in [0.4, 0.5) is 0 Å². The van der Waals surface area contributed by atoms with Crippen LogP contribution in [0.5, 0.6) is 5.75 Å². The highest BCUT2D eigenvalue weighted by molar-refractivity contribution is 5.74. The van der Waals surface area contributed by atoms with Crippen LogP contribution in [-0.2, 0) is 11.3 Å². The van der Waals surface area contributed by atoms with Gasteiger partial charge in [0.2, 0.25) is 0 Å². The van der Waals surface area contributed by atoms with Gasteiger partial charge in [-0.3, -0.25) is 9.69 Å². The molecule has 4 heteroatoms. The van der Waals surface area contributed by atoms with E-state index in [0.29, 0.717) is 18.5 Å².